The van der Waals surface area contributed by atoms with Crippen LogP contribution in [0, 0.1) is 5.82 Å². The predicted molar refractivity (Wildman–Crippen MR) is 83.0 cm³/mol. The van der Waals surface area contributed by atoms with Crippen molar-refractivity contribution in [1.29, 1.82) is 0 Å². The van der Waals surface area contributed by atoms with Crippen LogP contribution in [-0.2, 0) is 24.3 Å². The molecule has 2 rings (SSSR count). The van der Waals surface area contributed by atoms with Crippen molar-refractivity contribution in [3.8, 4) is 0 Å². The van der Waals surface area contributed by atoms with Gasteiger partial charge in [-0.1, -0.05) is 12.1 Å². The van der Waals surface area contributed by atoms with Gasteiger partial charge in [0.05, 0.1) is 0 Å². The quantitative estimate of drug-likeness (QED) is 0.720. The van der Waals surface area contributed by atoms with Gasteiger partial charge in [0.25, 0.3) is 5.91 Å². The lowest BCUT2D eigenvalue weighted by Crippen LogP contribution is -2.42. The Bertz CT molecular complexity index is 735. The topological polar surface area (TPSA) is 84.0 Å². The van der Waals surface area contributed by atoms with E-state index < -0.39 is 45.3 Å². The third kappa shape index (κ3) is 3.73. The lowest BCUT2D eigenvalue weighted by Gasteiger charge is -2.23. The molecule has 0 radical (unpaired) electrons. The Morgan fingerprint density at radius 2 is 2.00 bits per heavy atom. The first-order valence-electron chi connectivity index (χ1n) is 7.38. The highest BCUT2D eigenvalue weighted by Gasteiger charge is 2.41. The molecule has 1 aromatic carbocycles. The number of likely N-dealkylation sites (N-methyl/N-ethyl adjacent to an activating group) is 1. The molecule has 1 amide bonds. The van der Waals surface area contributed by atoms with Gasteiger partial charge >= 0.3 is 5.97 Å². The molecule has 1 heterocycles. The molecule has 1 aliphatic heterocycles. The molecule has 0 unspecified atom stereocenters. The van der Waals surface area contributed by atoms with Crippen molar-refractivity contribution in [2.45, 2.75) is 23.8 Å². The number of amides is 1. The molecular weight excluding hydrogens is 339 g/mol. The van der Waals surface area contributed by atoms with Gasteiger partial charge in [-0.15, -0.1) is 0 Å². The average molecular weight is 358 g/mol. The van der Waals surface area contributed by atoms with Gasteiger partial charge in [-0.25, -0.2) is 12.8 Å². The highest BCUT2D eigenvalue weighted by atomic mass is 32.2. The third-order valence-electron chi connectivity index (χ3n) is 3.74. The Morgan fingerprint density at radius 3 is 2.62 bits per heavy atom. The summed E-state index contributed by atoms with van der Waals surface area (Å²) in [4.78, 5) is 24.4. The van der Waals surface area contributed by atoms with Gasteiger partial charge in [0.1, 0.15) is 16.8 Å². The zero-order valence-corrected chi connectivity index (χ0v) is 14.3. The van der Waals surface area contributed by atoms with Crippen molar-refractivity contribution in [1.82, 2.24) is 9.21 Å². The molecule has 0 bridgehead atoms. The number of benzene rings is 1. The number of ether oxygens (including phenoxy) is 1. The summed E-state index contributed by atoms with van der Waals surface area (Å²) in [6.45, 7) is -0.367. The number of rotatable bonds is 5. The summed E-state index contributed by atoms with van der Waals surface area (Å²) in [7, 11) is -1.13. The van der Waals surface area contributed by atoms with Gasteiger partial charge in [-0.05, 0) is 25.0 Å². The first-order valence-corrected chi connectivity index (χ1v) is 8.82. The lowest BCUT2D eigenvalue weighted by molar-refractivity contribution is -0.153. The maximum Gasteiger partial charge on any atom is 0.324 e. The molecule has 0 N–H and O–H groups in total. The molecule has 0 spiro atoms. The van der Waals surface area contributed by atoms with E-state index in [2.05, 4.69) is 0 Å². The number of sulfonamides is 1. The van der Waals surface area contributed by atoms with E-state index in [-0.39, 0.29) is 13.0 Å². The van der Waals surface area contributed by atoms with Crippen LogP contribution >= 0.6 is 0 Å². The number of esters is 1. The maximum absolute atomic E-state index is 13.8. The molecule has 9 heteroatoms. The van der Waals surface area contributed by atoms with Crippen LogP contribution in [0.1, 0.15) is 12.8 Å². The van der Waals surface area contributed by atoms with E-state index in [1.807, 2.05) is 0 Å². The van der Waals surface area contributed by atoms with Gasteiger partial charge < -0.3 is 9.64 Å². The monoisotopic (exact) mass is 358 g/mol. The number of halogens is 1. The summed E-state index contributed by atoms with van der Waals surface area (Å²) in [6.07, 6.45) is 0.720. The van der Waals surface area contributed by atoms with Gasteiger partial charge in [0.2, 0.25) is 10.0 Å². The molecule has 1 saturated heterocycles. The third-order valence-corrected chi connectivity index (χ3v) is 5.68. The van der Waals surface area contributed by atoms with Crippen molar-refractivity contribution in [2.24, 2.45) is 0 Å². The average Bonchev–Trinajstić information content (AvgIpc) is 3.02. The van der Waals surface area contributed by atoms with Crippen LogP contribution in [0.15, 0.2) is 29.2 Å². The van der Waals surface area contributed by atoms with E-state index in [1.165, 1.54) is 31.1 Å². The Kier molecular flexibility index (Phi) is 5.55. The standard InChI is InChI=1S/C15H19FN2O5S/c1-17(2)14(19)10-23-15(20)12-7-5-9-18(12)24(21,22)13-8-4-3-6-11(13)16/h3-4,6,8,12H,5,7,9-10H2,1-2H3/t12-/m0/s1. The second-order valence-electron chi connectivity index (χ2n) is 5.60. The van der Waals surface area contributed by atoms with E-state index >= 15 is 0 Å². The second kappa shape index (κ2) is 7.27. The SMILES string of the molecule is CN(C)C(=O)COC(=O)[C@@H]1CCCN1S(=O)(=O)c1ccccc1F. The van der Waals surface area contributed by atoms with Crippen LogP contribution in [0.25, 0.3) is 0 Å². The summed E-state index contributed by atoms with van der Waals surface area (Å²) < 4.78 is 44.9. The number of hydrogen-bond donors (Lipinski definition) is 0. The molecule has 7 nitrogen and oxygen atoms in total. The molecule has 132 valence electrons. The Balaban J connectivity index is 2.17. The van der Waals surface area contributed by atoms with Crippen LogP contribution in [0.2, 0.25) is 0 Å². The summed E-state index contributed by atoms with van der Waals surface area (Å²) in [5.74, 6) is -2.09. The van der Waals surface area contributed by atoms with Crippen molar-refractivity contribution in [3.05, 3.63) is 30.1 Å². The van der Waals surface area contributed by atoms with Crippen molar-refractivity contribution >= 4 is 21.9 Å². The van der Waals surface area contributed by atoms with Crippen molar-refractivity contribution in [3.63, 3.8) is 0 Å². The van der Waals surface area contributed by atoms with Crippen molar-refractivity contribution in [2.75, 3.05) is 27.2 Å². The molecular formula is C15H19FN2O5S. The van der Waals surface area contributed by atoms with Crippen LogP contribution in [0.4, 0.5) is 4.39 Å². The van der Waals surface area contributed by atoms with Crippen LogP contribution in [0.5, 0.6) is 0 Å². The van der Waals surface area contributed by atoms with Gasteiger partial charge in [-0.2, -0.15) is 4.31 Å². The highest BCUT2D eigenvalue weighted by molar-refractivity contribution is 7.89. The number of nitrogens with zero attached hydrogens (tertiary/aromatic N) is 2. The summed E-state index contributed by atoms with van der Waals surface area (Å²) in [6, 6.07) is 3.95. The van der Waals surface area contributed by atoms with E-state index in [1.54, 1.807) is 0 Å². The summed E-state index contributed by atoms with van der Waals surface area (Å²) >= 11 is 0. The molecule has 1 aliphatic rings. The van der Waals surface area contributed by atoms with E-state index in [9.17, 15) is 22.4 Å². The largest absolute Gasteiger partial charge is 0.454 e. The molecule has 1 atom stereocenters. The van der Waals surface area contributed by atoms with Gasteiger partial charge in [-0.3, -0.25) is 9.59 Å². The Hall–Kier alpha value is -2.00. The predicted octanol–water partition coefficient (Wildman–Crippen LogP) is 0.610. The van der Waals surface area contributed by atoms with Crippen molar-refractivity contribution < 1.29 is 27.1 Å². The van der Waals surface area contributed by atoms with Crippen LogP contribution in [0.3, 0.4) is 0 Å². The van der Waals surface area contributed by atoms with E-state index in [0.29, 0.717) is 6.42 Å². The molecule has 1 aromatic rings. The zero-order valence-electron chi connectivity index (χ0n) is 13.4. The minimum atomic E-state index is -4.16. The molecule has 0 aliphatic carbocycles. The normalized spacial score (nSPS) is 18.4. The van der Waals surface area contributed by atoms with E-state index in [0.717, 1.165) is 16.4 Å². The first-order chi connectivity index (χ1) is 11.2. The zero-order chi connectivity index (χ0) is 17.9. The summed E-state index contributed by atoms with van der Waals surface area (Å²) in [5, 5.41) is 0. The fourth-order valence-corrected chi connectivity index (χ4v) is 4.12. The molecule has 0 saturated carbocycles. The smallest absolute Gasteiger partial charge is 0.324 e. The minimum absolute atomic E-state index is 0.0953. The lowest BCUT2D eigenvalue weighted by atomic mass is 10.2. The highest BCUT2D eigenvalue weighted by Crippen LogP contribution is 2.28. The minimum Gasteiger partial charge on any atom is -0.454 e. The number of hydrogen-bond acceptors (Lipinski definition) is 5. The number of carbonyl (C=O) groups excluding carboxylic acids is 2. The fourth-order valence-electron chi connectivity index (χ4n) is 2.40. The van der Waals surface area contributed by atoms with E-state index in [4.69, 9.17) is 4.74 Å². The summed E-state index contributed by atoms with van der Waals surface area (Å²) in [5.41, 5.74) is 0. The van der Waals surface area contributed by atoms with Gasteiger partial charge in [0, 0.05) is 20.6 Å². The Labute approximate surface area is 140 Å². The first kappa shape index (κ1) is 18.3. The molecule has 0 aromatic heterocycles. The number of carbonyl (C=O) groups is 2. The molecule has 1 fully saturated rings. The van der Waals surface area contributed by atoms with Crippen LogP contribution < -0.4 is 0 Å². The van der Waals surface area contributed by atoms with Crippen LogP contribution in [-0.4, -0.2) is 62.8 Å². The maximum atomic E-state index is 13.8. The fraction of sp³-hybridized carbons (Fsp3) is 0.467. The molecule has 24 heavy (non-hydrogen) atoms. The second-order valence-corrected chi connectivity index (χ2v) is 7.46. The van der Waals surface area contributed by atoms with Gasteiger partial charge in [0.15, 0.2) is 6.61 Å². The Morgan fingerprint density at radius 1 is 1.33 bits per heavy atom.